The van der Waals surface area contributed by atoms with E-state index in [0.29, 0.717) is 48.8 Å². The van der Waals surface area contributed by atoms with E-state index >= 15 is 0 Å². The summed E-state index contributed by atoms with van der Waals surface area (Å²) in [6, 6.07) is 13.5. The summed E-state index contributed by atoms with van der Waals surface area (Å²) in [4.78, 5) is 27.7. The summed E-state index contributed by atoms with van der Waals surface area (Å²) >= 11 is 0. The molecule has 1 N–H and O–H groups in total. The molecule has 2 aromatic rings. The largest absolute Gasteiger partial charge is 0.507 e. The second kappa shape index (κ2) is 13.1. The molecule has 0 spiro atoms. The summed E-state index contributed by atoms with van der Waals surface area (Å²) < 4.78 is 16.8. The maximum absolute atomic E-state index is 13.2. The number of amides is 1. The second-order valence-electron chi connectivity index (χ2n) is 9.16. The van der Waals surface area contributed by atoms with Crippen LogP contribution in [0.1, 0.15) is 63.6 Å². The Kier molecular flexibility index (Phi) is 9.94. The zero-order valence-electron chi connectivity index (χ0n) is 21.7. The normalized spacial score (nSPS) is 17.1. The predicted molar refractivity (Wildman–Crippen MR) is 139 cm³/mol. The van der Waals surface area contributed by atoms with Gasteiger partial charge >= 0.3 is 0 Å². The number of carbonyl (C=O) groups is 2. The molecule has 1 unspecified atom stereocenters. The van der Waals surface area contributed by atoms with E-state index in [1.165, 1.54) is 4.90 Å². The number of hydrogen-bond donors (Lipinski definition) is 1. The van der Waals surface area contributed by atoms with E-state index in [0.717, 1.165) is 19.3 Å². The highest BCUT2D eigenvalue weighted by atomic mass is 16.5. The van der Waals surface area contributed by atoms with Gasteiger partial charge in [0.05, 0.1) is 24.3 Å². The van der Waals surface area contributed by atoms with Crippen molar-refractivity contribution in [1.82, 2.24) is 4.90 Å². The Morgan fingerprint density at radius 2 is 1.75 bits per heavy atom. The minimum atomic E-state index is -0.734. The van der Waals surface area contributed by atoms with E-state index in [1.54, 1.807) is 31.4 Å². The fourth-order valence-electron chi connectivity index (χ4n) is 4.27. The number of Topliss-reactive ketones (excluding diaryl/α,β-unsaturated/α-hetero) is 1. The van der Waals surface area contributed by atoms with Crippen LogP contribution in [-0.4, -0.2) is 54.7 Å². The van der Waals surface area contributed by atoms with Crippen LogP contribution in [0, 0.1) is 0 Å². The molecule has 1 atom stereocenters. The zero-order valence-corrected chi connectivity index (χ0v) is 21.7. The standard InChI is InChI=1S/C29H37NO6/c1-5-6-7-18-35-23-14-12-21(13-15-23)27(31)25-26(22-10-8-11-24(19-22)36-20(2)3)30(16-9-17-34-4)29(33)28(25)32/h8,10-15,19-20,26,31H,5-7,9,16-18H2,1-4H3/b27-25-. The molecular weight excluding hydrogens is 458 g/mol. The molecule has 0 bridgehead atoms. The Balaban J connectivity index is 1.97. The summed E-state index contributed by atoms with van der Waals surface area (Å²) in [7, 11) is 1.59. The van der Waals surface area contributed by atoms with Gasteiger partial charge in [0.25, 0.3) is 11.7 Å². The number of ether oxygens (including phenoxy) is 3. The third-order valence-corrected chi connectivity index (χ3v) is 5.98. The molecule has 194 valence electrons. The third kappa shape index (κ3) is 6.66. The molecule has 1 aliphatic rings. The average molecular weight is 496 g/mol. The molecule has 0 aromatic heterocycles. The predicted octanol–water partition coefficient (Wildman–Crippen LogP) is 5.50. The Bertz CT molecular complexity index is 1060. The number of methoxy groups -OCH3 is 1. The number of hydrogen-bond acceptors (Lipinski definition) is 6. The minimum absolute atomic E-state index is 0.0315. The van der Waals surface area contributed by atoms with E-state index in [-0.39, 0.29) is 17.4 Å². The van der Waals surface area contributed by atoms with Crippen LogP contribution >= 0.6 is 0 Å². The Hall–Kier alpha value is -3.32. The second-order valence-corrected chi connectivity index (χ2v) is 9.16. The number of unbranched alkanes of at least 4 members (excludes halogenated alkanes) is 2. The summed E-state index contributed by atoms with van der Waals surface area (Å²) in [6.45, 7) is 7.40. The van der Waals surface area contributed by atoms with Gasteiger partial charge in [-0.15, -0.1) is 0 Å². The number of benzene rings is 2. The van der Waals surface area contributed by atoms with Crippen molar-refractivity contribution in [2.45, 2.75) is 58.6 Å². The molecule has 2 aromatic carbocycles. The average Bonchev–Trinajstić information content (AvgIpc) is 3.11. The first kappa shape index (κ1) is 27.3. The number of aliphatic hydroxyl groups is 1. The van der Waals surface area contributed by atoms with Gasteiger partial charge in [-0.1, -0.05) is 31.9 Å². The van der Waals surface area contributed by atoms with Crippen molar-refractivity contribution in [1.29, 1.82) is 0 Å². The number of rotatable bonds is 13. The van der Waals surface area contributed by atoms with Crippen LogP contribution in [0.2, 0.25) is 0 Å². The third-order valence-electron chi connectivity index (χ3n) is 5.98. The first-order valence-electron chi connectivity index (χ1n) is 12.6. The van der Waals surface area contributed by atoms with Gasteiger partial charge in [-0.3, -0.25) is 9.59 Å². The highest BCUT2D eigenvalue weighted by Crippen LogP contribution is 2.40. The van der Waals surface area contributed by atoms with Crippen molar-refractivity contribution in [3.8, 4) is 11.5 Å². The molecule has 36 heavy (non-hydrogen) atoms. The van der Waals surface area contributed by atoms with E-state index in [9.17, 15) is 14.7 Å². The molecule has 1 saturated heterocycles. The number of likely N-dealkylation sites (tertiary alicyclic amines) is 1. The molecule has 1 amide bonds. The van der Waals surface area contributed by atoms with Gasteiger partial charge < -0.3 is 24.2 Å². The lowest BCUT2D eigenvalue weighted by atomic mass is 9.95. The number of carbonyl (C=O) groups excluding carboxylic acids is 2. The maximum Gasteiger partial charge on any atom is 0.295 e. The summed E-state index contributed by atoms with van der Waals surface area (Å²) in [6.07, 6.45) is 3.73. The molecule has 0 radical (unpaired) electrons. The Labute approximate surface area is 213 Å². The van der Waals surface area contributed by atoms with Crippen LogP contribution in [-0.2, 0) is 14.3 Å². The monoisotopic (exact) mass is 495 g/mol. The molecule has 7 heteroatoms. The quantitative estimate of drug-likeness (QED) is 0.171. The van der Waals surface area contributed by atoms with E-state index in [4.69, 9.17) is 14.2 Å². The van der Waals surface area contributed by atoms with Crippen LogP contribution < -0.4 is 9.47 Å². The van der Waals surface area contributed by atoms with Gasteiger partial charge in [-0.25, -0.2) is 0 Å². The molecule has 3 rings (SSSR count). The molecule has 0 saturated carbocycles. The molecular formula is C29H37NO6. The van der Waals surface area contributed by atoms with Gasteiger partial charge in [-0.2, -0.15) is 0 Å². The van der Waals surface area contributed by atoms with Crippen molar-refractivity contribution in [2.75, 3.05) is 26.9 Å². The lowest BCUT2D eigenvalue weighted by Gasteiger charge is -2.26. The number of nitrogens with zero attached hydrogens (tertiary/aromatic N) is 1. The van der Waals surface area contributed by atoms with E-state index in [1.807, 2.05) is 38.1 Å². The minimum Gasteiger partial charge on any atom is -0.507 e. The smallest absolute Gasteiger partial charge is 0.295 e. The van der Waals surface area contributed by atoms with E-state index < -0.39 is 17.7 Å². The molecule has 1 aliphatic heterocycles. The van der Waals surface area contributed by atoms with Crippen molar-refractivity contribution < 1.29 is 28.9 Å². The van der Waals surface area contributed by atoms with Crippen LogP contribution in [0.25, 0.3) is 5.76 Å². The molecule has 0 aliphatic carbocycles. The molecule has 1 fully saturated rings. The lowest BCUT2D eigenvalue weighted by Crippen LogP contribution is -2.31. The first-order valence-corrected chi connectivity index (χ1v) is 12.6. The van der Waals surface area contributed by atoms with Gasteiger partial charge in [0.15, 0.2) is 0 Å². The van der Waals surface area contributed by atoms with Crippen LogP contribution in [0.15, 0.2) is 54.1 Å². The topological polar surface area (TPSA) is 85.3 Å². The van der Waals surface area contributed by atoms with Crippen molar-refractivity contribution in [3.63, 3.8) is 0 Å². The van der Waals surface area contributed by atoms with Gasteiger partial charge in [0, 0.05) is 25.8 Å². The fourth-order valence-corrected chi connectivity index (χ4v) is 4.27. The van der Waals surface area contributed by atoms with Crippen LogP contribution in [0.4, 0.5) is 0 Å². The van der Waals surface area contributed by atoms with Crippen molar-refractivity contribution in [2.24, 2.45) is 0 Å². The van der Waals surface area contributed by atoms with Crippen LogP contribution in [0.3, 0.4) is 0 Å². The number of ketones is 1. The highest BCUT2D eigenvalue weighted by Gasteiger charge is 2.45. The van der Waals surface area contributed by atoms with Gasteiger partial charge in [-0.05, 0) is 68.7 Å². The zero-order chi connectivity index (χ0) is 26.1. The van der Waals surface area contributed by atoms with Gasteiger partial charge in [0.1, 0.15) is 17.3 Å². The van der Waals surface area contributed by atoms with E-state index in [2.05, 4.69) is 6.92 Å². The van der Waals surface area contributed by atoms with Crippen molar-refractivity contribution >= 4 is 17.4 Å². The Morgan fingerprint density at radius 3 is 2.42 bits per heavy atom. The fraction of sp³-hybridized carbons (Fsp3) is 0.448. The Morgan fingerprint density at radius 1 is 1.00 bits per heavy atom. The maximum atomic E-state index is 13.2. The number of aliphatic hydroxyl groups excluding tert-OH is 1. The summed E-state index contributed by atoms with van der Waals surface area (Å²) in [5.41, 5.74) is 1.21. The molecule has 7 nitrogen and oxygen atoms in total. The lowest BCUT2D eigenvalue weighted by molar-refractivity contribution is -0.140. The molecule has 1 heterocycles. The van der Waals surface area contributed by atoms with Crippen LogP contribution in [0.5, 0.6) is 11.5 Å². The van der Waals surface area contributed by atoms with Gasteiger partial charge in [0.2, 0.25) is 0 Å². The highest BCUT2D eigenvalue weighted by molar-refractivity contribution is 6.46. The SMILES string of the molecule is CCCCCOc1ccc(/C(O)=C2/C(=O)C(=O)N(CCCOC)C2c2cccc(OC(C)C)c2)cc1. The first-order chi connectivity index (χ1) is 17.4. The summed E-state index contributed by atoms with van der Waals surface area (Å²) in [5, 5.41) is 11.3. The summed E-state index contributed by atoms with van der Waals surface area (Å²) in [5.74, 6) is -0.221. The van der Waals surface area contributed by atoms with Crippen molar-refractivity contribution in [3.05, 3.63) is 65.2 Å².